The molecule has 0 radical (unpaired) electrons. The van der Waals surface area contributed by atoms with Crippen LogP contribution in [0.25, 0.3) is 0 Å². The molecule has 1 saturated heterocycles. The zero-order chi connectivity index (χ0) is 18.8. The maximum atomic E-state index is 13.3. The minimum absolute atomic E-state index is 0.0254. The lowest BCUT2D eigenvalue weighted by atomic mass is 9.68. The number of hydrogen-bond acceptors (Lipinski definition) is 3. The van der Waals surface area contributed by atoms with Crippen LogP contribution in [0.5, 0.6) is 0 Å². The lowest BCUT2D eigenvalue weighted by Gasteiger charge is -2.32. The van der Waals surface area contributed by atoms with Crippen LogP contribution in [0.4, 0.5) is 5.69 Å². The van der Waals surface area contributed by atoms with Gasteiger partial charge in [0.1, 0.15) is 11.3 Å². The molecule has 2 heterocycles. The SMILES string of the molecule is O=C1CCC[C@@H]2N[C@@]3(C(=O)Nc4cc(Cl)ccc43)[C@@H](c3cccc(Cl)c3)[C@H]12. The molecular formula is C21H18Cl2N2O2. The molecule has 0 unspecified atom stereocenters. The second-order valence-electron chi connectivity index (χ2n) is 7.62. The third kappa shape index (κ3) is 2.40. The van der Waals surface area contributed by atoms with Crippen molar-refractivity contribution in [2.45, 2.75) is 36.8 Å². The van der Waals surface area contributed by atoms with Gasteiger partial charge in [0.25, 0.3) is 0 Å². The smallest absolute Gasteiger partial charge is 0.250 e. The second kappa shape index (κ2) is 6.06. The fourth-order valence-electron chi connectivity index (χ4n) is 5.21. The van der Waals surface area contributed by atoms with Gasteiger partial charge in [-0.3, -0.25) is 14.9 Å². The number of carbonyl (C=O) groups excluding carboxylic acids is 2. The van der Waals surface area contributed by atoms with Crippen LogP contribution in [0.1, 0.15) is 36.3 Å². The van der Waals surface area contributed by atoms with Gasteiger partial charge in [0, 0.05) is 45.6 Å². The van der Waals surface area contributed by atoms with E-state index in [4.69, 9.17) is 23.2 Å². The van der Waals surface area contributed by atoms with Gasteiger partial charge in [-0.1, -0.05) is 41.4 Å². The van der Waals surface area contributed by atoms with E-state index < -0.39 is 5.54 Å². The molecule has 4 atom stereocenters. The summed E-state index contributed by atoms with van der Waals surface area (Å²) in [5, 5.41) is 7.72. The van der Waals surface area contributed by atoms with E-state index >= 15 is 0 Å². The highest BCUT2D eigenvalue weighted by atomic mass is 35.5. The highest BCUT2D eigenvalue weighted by Crippen LogP contribution is 2.56. The Bertz CT molecular complexity index is 976. The van der Waals surface area contributed by atoms with Crippen molar-refractivity contribution in [1.29, 1.82) is 0 Å². The maximum absolute atomic E-state index is 13.3. The Labute approximate surface area is 167 Å². The zero-order valence-corrected chi connectivity index (χ0v) is 16.0. The van der Waals surface area contributed by atoms with E-state index in [-0.39, 0.29) is 29.6 Å². The number of fused-ring (bicyclic) bond motifs is 3. The van der Waals surface area contributed by atoms with Gasteiger partial charge >= 0.3 is 0 Å². The van der Waals surface area contributed by atoms with Crippen molar-refractivity contribution in [2.75, 3.05) is 5.32 Å². The Morgan fingerprint density at radius 3 is 2.67 bits per heavy atom. The molecule has 0 bridgehead atoms. The molecule has 3 aliphatic rings. The molecule has 2 aromatic carbocycles. The summed E-state index contributed by atoms with van der Waals surface area (Å²) in [5.74, 6) is -0.469. The first-order valence-corrected chi connectivity index (χ1v) is 9.93. The van der Waals surface area contributed by atoms with E-state index in [1.165, 1.54) is 0 Å². The first kappa shape index (κ1) is 17.2. The van der Waals surface area contributed by atoms with E-state index in [9.17, 15) is 9.59 Å². The first-order chi connectivity index (χ1) is 13.0. The molecule has 2 aliphatic heterocycles. The summed E-state index contributed by atoms with van der Waals surface area (Å²) >= 11 is 12.4. The van der Waals surface area contributed by atoms with Gasteiger partial charge in [0.05, 0.1) is 0 Å². The summed E-state index contributed by atoms with van der Waals surface area (Å²) in [6.07, 6.45) is 2.29. The number of benzene rings is 2. The topological polar surface area (TPSA) is 58.2 Å². The van der Waals surface area contributed by atoms with E-state index in [2.05, 4.69) is 10.6 Å². The van der Waals surface area contributed by atoms with Gasteiger partial charge in [-0.2, -0.15) is 0 Å². The van der Waals surface area contributed by atoms with E-state index in [0.29, 0.717) is 22.2 Å². The number of Topliss-reactive ketones (excluding diaryl/α,β-unsaturated/α-hetero) is 1. The summed E-state index contributed by atoms with van der Waals surface area (Å²) < 4.78 is 0. The quantitative estimate of drug-likeness (QED) is 0.751. The van der Waals surface area contributed by atoms with E-state index in [1.54, 1.807) is 12.1 Å². The van der Waals surface area contributed by atoms with Gasteiger partial charge in [-0.05, 0) is 42.7 Å². The van der Waals surface area contributed by atoms with Gasteiger partial charge in [0.2, 0.25) is 5.91 Å². The van der Waals surface area contributed by atoms with Crippen molar-refractivity contribution in [3.05, 3.63) is 63.6 Å². The molecule has 2 N–H and O–H groups in total. The second-order valence-corrected chi connectivity index (χ2v) is 8.49. The number of hydrogen-bond donors (Lipinski definition) is 2. The molecule has 27 heavy (non-hydrogen) atoms. The maximum Gasteiger partial charge on any atom is 0.250 e. The third-order valence-corrected chi connectivity index (χ3v) is 6.67. The molecule has 2 fully saturated rings. The number of halogens is 2. The van der Waals surface area contributed by atoms with E-state index in [1.807, 2.05) is 30.3 Å². The van der Waals surface area contributed by atoms with Crippen LogP contribution in [0.3, 0.4) is 0 Å². The van der Waals surface area contributed by atoms with Crippen LogP contribution in [-0.4, -0.2) is 17.7 Å². The van der Waals surface area contributed by atoms with E-state index in [0.717, 1.165) is 24.0 Å². The number of ketones is 1. The van der Waals surface area contributed by atoms with Crippen molar-refractivity contribution in [3.63, 3.8) is 0 Å². The Balaban J connectivity index is 1.75. The van der Waals surface area contributed by atoms with Gasteiger partial charge < -0.3 is 5.32 Å². The molecule has 4 nitrogen and oxygen atoms in total. The summed E-state index contributed by atoms with van der Waals surface area (Å²) in [7, 11) is 0. The van der Waals surface area contributed by atoms with Crippen LogP contribution in [0, 0.1) is 5.92 Å². The minimum atomic E-state index is -0.986. The predicted molar refractivity (Wildman–Crippen MR) is 105 cm³/mol. The fourth-order valence-corrected chi connectivity index (χ4v) is 5.59. The van der Waals surface area contributed by atoms with Crippen molar-refractivity contribution < 1.29 is 9.59 Å². The molecule has 1 amide bonds. The minimum Gasteiger partial charge on any atom is -0.324 e. The molecule has 1 aliphatic carbocycles. The van der Waals surface area contributed by atoms with Gasteiger partial charge in [-0.25, -0.2) is 0 Å². The zero-order valence-electron chi connectivity index (χ0n) is 14.5. The van der Waals surface area contributed by atoms with Gasteiger partial charge in [-0.15, -0.1) is 0 Å². The van der Waals surface area contributed by atoms with Crippen molar-refractivity contribution in [2.24, 2.45) is 5.92 Å². The Hall–Kier alpha value is -1.88. The van der Waals surface area contributed by atoms with Crippen molar-refractivity contribution in [3.8, 4) is 0 Å². The first-order valence-electron chi connectivity index (χ1n) is 9.18. The number of carbonyl (C=O) groups is 2. The van der Waals surface area contributed by atoms with Crippen molar-refractivity contribution >= 4 is 40.6 Å². The average molecular weight is 401 g/mol. The monoisotopic (exact) mass is 400 g/mol. The summed E-state index contributed by atoms with van der Waals surface area (Å²) in [4.78, 5) is 26.3. The molecular weight excluding hydrogens is 383 g/mol. The summed E-state index contributed by atoms with van der Waals surface area (Å²) in [6.45, 7) is 0. The third-order valence-electron chi connectivity index (χ3n) is 6.20. The molecule has 2 aromatic rings. The predicted octanol–water partition coefficient (Wildman–Crippen LogP) is 4.27. The molecule has 1 saturated carbocycles. The van der Waals surface area contributed by atoms with Crippen LogP contribution < -0.4 is 10.6 Å². The standard InChI is InChI=1S/C21H18Cl2N2O2/c22-12-4-1-3-11(9-12)19-18-15(5-2-6-17(18)26)25-21(19)14-8-7-13(23)10-16(14)24-20(21)27/h1,3-4,7-10,15,18-19,25H,2,5-6H2,(H,24,27)/t15-,18-,19-,21+/m0/s1. The molecule has 5 rings (SSSR count). The van der Waals surface area contributed by atoms with Gasteiger partial charge in [0.15, 0.2) is 0 Å². The Morgan fingerprint density at radius 1 is 1.04 bits per heavy atom. The fraction of sp³-hybridized carbons (Fsp3) is 0.333. The number of amides is 1. The summed E-state index contributed by atoms with van der Waals surface area (Å²) in [5.41, 5.74) is 1.48. The largest absolute Gasteiger partial charge is 0.324 e. The van der Waals surface area contributed by atoms with Crippen LogP contribution in [0.2, 0.25) is 10.0 Å². The Morgan fingerprint density at radius 2 is 1.85 bits per heavy atom. The highest BCUT2D eigenvalue weighted by Gasteiger charge is 2.63. The molecule has 6 heteroatoms. The Kier molecular flexibility index (Phi) is 3.87. The molecule has 0 aromatic heterocycles. The normalized spacial score (nSPS) is 31.7. The van der Waals surface area contributed by atoms with Crippen LogP contribution >= 0.6 is 23.2 Å². The highest BCUT2D eigenvalue weighted by molar-refractivity contribution is 6.31. The lowest BCUT2D eigenvalue weighted by molar-refractivity contribution is -0.125. The number of nitrogens with one attached hydrogen (secondary N) is 2. The summed E-state index contributed by atoms with van der Waals surface area (Å²) in [6, 6.07) is 13.0. The molecule has 138 valence electrons. The average Bonchev–Trinajstić information content (AvgIpc) is 3.11. The lowest BCUT2D eigenvalue weighted by Crippen LogP contribution is -2.48. The van der Waals surface area contributed by atoms with Crippen LogP contribution in [0.15, 0.2) is 42.5 Å². The number of rotatable bonds is 1. The number of anilines is 1. The molecule has 1 spiro atoms. The van der Waals surface area contributed by atoms with Crippen LogP contribution in [-0.2, 0) is 15.1 Å². The van der Waals surface area contributed by atoms with Crippen molar-refractivity contribution in [1.82, 2.24) is 5.32 Å².